The van der Waals surface area contributed by atoms with E-state index >= 15 is 0 Å². The first-order chi connectivity index (χ1) is 39.6. The number of pyridine rings is 1. The molecule has 0 spiro atoms. The number of phenolic OH excluding ortho intramolecular Hbond substituents is 1. The number of nitrogens with zero attached hydrogens (tertiary/aromatic N) is 3. The lowest BCUT2D eigenvalue weighted by atomic mass is 9.77. The Morgan fingerprint density at radius 1 is 0.456 bits per heavy atom. The highest BCUT2D eigenvalue weighted by molar-refractivity contribution is 5.99. The standard InChI is InChI=1S/C75H61N3O/c1-75(2,61-31-13-6-14-32-61)62-33-19-30-56(49-62)57-42-43-76-69(50-57)60-47-58(53-24-7-3-8-25-53)46-59(48-60)64-36-21-39-71-72(64)77-74(67-38-20-37-66(73(67)79)65-35-18-17-34-63(65)54-26-9-4-10-27-54)78(71)70-41-40-52(44-51-22-15-16-23-51)45-68(70)55-28-11-5-12-29-55/h3-14,17-21,24-43,45-51,79H,15-16,22-23,44H2,1-2H3/i44D2. The molecule has 1 fully saturated rings. The van der Waals surface area contributed by atoms with Crippen LogP contribution in [0, 0.1) is 5.92 Å². The second-order valence-corrected chi connectivity index (χ2v) is 21.4. The first-order valence-electron chi connectivity index (χ1n) is 28.6. The molecule has 4 heteroatoms. The van der Waals surface area contributed by atoms with Crippen molar-refractivity contribution in [2.24, 2.45) is 5.92 Å². The van der Waals surface area contributed by atoms with Crippen molar-refractivity contribution in [1.29, 1.82) is 0 Å². The Hall–Kier alpha value is -9.38. The number of rotatable bonds is 13. The molecule has 1 N–H and O–H groups in total. The van der Waals surface area contributed by atoms with Crippen LogP contribution in [0.3, 0.4) is 0 Å². The lowest BCUT2D eigenvalue weighted by Crippen LogP contribution is -2.18. The third kappa shape index (κ3) is 9.65. The molecule has 1 aliphatic rings. The fraction of sp³-hybridized carbons (Fsp3) is 0.120. The van der Waals surface area contributed by atoms with Crippen molar-refractivity contribution in [1.82, 2.24) is 14.5 Å². The van der Waals surface area contributed by atoms with Gasteiger partial charge in [-0.15, -0.1) is 0 Å². The number of phenols is 1. The zero-order valence-corrected chi connectivity index (χ0v) is 44.5. The Bertz CT molecular complexity index is 4240. The molecule has 1 saturated carbocycles. The van der Waals surface area contributed by atoms with E-state index < -0.39 is 6.37 Å². The molecule has 0 unspecified atom stereocenters. The van der Waals surface area contributed by atoms with Gasteiger partial charge in [0.15, 0.2) is 0 Å². The third-order valence-electron chi connectivity index (χ3n) is 16.1. The summed E-state index contributed by atoms with van der Waals surface area (Å²) < 4.78 is 21.4. The summed E-state index contributed by atoms with van der Waals surface area (Å²) in [4.78, 5) is 10.8. The molecular weight excluding hydrogens is 959 g/mol. The van der Waals surface area contributed by atoms with Crippen LogP contribution in [0.2, 0.25) is 0 Å². The maximum atomic E-state index is 12.9. The molecule has 12 aromatic rings. The van der Waals surface area contributed by atoms with Crippen LogP contribution >= 0.6 is 0 Å². The van der Waals surface area contributed by atoms with Crippen molar-refractivity contribution in [3.8, 4) is 101 Å². The number of fused-ring (bicyclic) bond motifs is 1. The maximum Gasteiger partial charge on any atom is 0.149 e. The van der Waals surface area contributed by atoms with Crippen molar-refractivity contribution in [3.63, 3.8) is 0 Å². The molecule has 1 aliphatic carbocycles. The van der Waals surface area contributed by atoms with Crippen LogP contribution in [0.5, 0.6) is 5.75 Å². The normalized spacial score (nSPS) is 13.3. The van der Waals surface area contributed by atoms with E-state index in [2.05, 4.69) is 194 Å². The highest BCUT2D eigenvalue weighted by atomic mass is 16.3. The van der Waals surface area contributed by atoms with Gasteiger partial charge in [-0.25, -0.2) is 4.98 Å². The van der Waals surface area contributed by atoms with Crippen molar-refractivity contribution in [2.75, 3.05) is 0 Å². The van der Waals surface area contributed by atoms with E-state index in [9.17, 15) is 7.85 Å². The first kappa shape index (κ1) is 46.9. The fourth-order valence-corrected chi connectivity index (χ4v) is 11.9. The molecule has 4 nitrogen and oxygen atoms in total. The van der Waals surface area contributed by atoms with Crippen LogP contribution < -0.4 is 0 Å². The molecule has 382 valence electrons. The van der Waals surface area contributed by atoms with Crippen LogP contribution in [-0.2, 0) is 11.8 Å². The Balaban J connectivity index is 1.02. The molecule has 13 rings (SSSR count). The summed E-state index contributed by atoms with van der Waals surface area (Å²) in [7, 11) is 0. The van der Waals surface area contributed by atoms with Gasteiger partial charge in [-0.05, 0) is 134 Å². The van der Waals surface area contributed by atoms with Gasteiger partial charge in [0.25, 0.3) is 0 Å². The minimum atomic E-state index is -1.52. The molecular formula is C75H61N3O. The van der Waals surface area contributed by atoms with Gasteiger partial charge < -0.3 is 5.11 Å². The summed E-state index contributed by atoms with van der Waals surface area (Å²) in [6.45, 7) is 4.57. The van der Waals surface area contributed by atoms with Gasteiger partial charge in [0, 0.05) is 36.6 Å². The molecule has 79 heavy (non-hydrogen) atoms. The lowest BCUT2D eigenvalue weighted by molar-refractivity contribution is 0.479. The molecule has 2 aromatic heterocycles. The van der Waals surface area contributed by atoms with Crippen molar-refractivity contribution in [3.05, 3.63) is 278 Å². The quantitative estimate of drug-likeness (QED) is 0.125. The van der Waals surface area contributed by atoms with E-state index in [1.807, 2.05) is 85.1 Å². The molecule has 0 amide bonds. The van der Waals surface area contributed by atoms with Gasteiger partial charge in [-0.1, -0.05) is 240 Å². The van der Waals surface area contributed by atoms with Crippen LogP contribution in [0.15, 0.2) is 261 Å². The average Bonchev–Trinajstić information content (AvgIpc) is 4.30. The predicted octanol–water partition coefficient (Wildman–Crippen LogP) is 19.5. The molecule has 0 bridgehead atoms. The predicted molar refractivity (Wildman–Crippen MR) is 328 cm³/mol. The average molecular weight is 1020 g/mol. The minimum absolute atomic E-state index is 0.0598. The first-order valence-corrected chi connectivity index (χ1v) is 27.6. The number of hydrogen-bond donors (Lipinski definition) is 1. The molecule has 0 aliphatic heterocycles. The van der Waals surface area contributed by atoms with E-state index in [4.69, 9.17) is 9.97 Å². The maximum absolute atomic E-state index is 12.9. The van der Waals surface area contributed by atoms with Crippen molar-refractivity contribution < 1.29 is 7.85 Å². The summed E-state index contributed by atoms with van der Waals surface area (Å²) in [5, 5.41) is 12.9. The Kier molecular flexibility index (Phi) is 12.6. The molecule has 0 atom stereocenters. The summed E-state index contributed by atoms with van der Waals surface area (Å²) >= 11 is 0. The smallest absolute Gasteiger partial charge is 0.149 e. The number of aromatic nitrogens is 3. The van der Waals surface area contributed by atoms with Gasteiger partial charge >= 0.3 is 0 Å². The lowest BCUT2D eigenvalue weighted by Gasteiger charge is -2.26. The topological polar surface area (TPSA) is 50.9 Å². The van der Waals surface area contributed by atoms with E-state index in [1.165, 1.54) is 11.1 Å². The van der Waals surface area contributed by atoms with E-state index in [1.54, 1.807) is 0 Å². The second-order valence-electron chi connectivity index (χ2n) is 21.4. The van der Waals surface area contributed by atoms with Crippen molar-refractivity contribution in [2.45, 2.75) is 51.3 Å². The van der Waals surface area contributed by atoms with Crippen LogP contribution in [0.1, 0.15) is 59.0 Å². The number of para-hydroxylation sites is 2. The van der Waals surface area contributed by atoms with Gasteiger partial charge in [0.2, 0.25) is 0 Å². The SMILES string of the molecule is [2H]C([2H])(c1ccc(-n2c(-c3cccc(-c4ccccc4-c4ccccc4)c3O)nc3c(-c4cc(-c5ccccc5)cc(-c5cc(-c6cccc(C(C)(C)c7ccccc7)c6)ccn5)c4)cccc32)c(-c2ccccc2)c1)C1CCCC1. The van der Waals surface area contributed by atoms with Crippen molar-refractivity contribution >= 4 is 11.0 Å². The number of aromatic hydroxyl groups is 1. The summed E-state index contributed by atoms with van der Waals surface area (Å²) in [6.07, 6.45) is 4.21. The summed E-state index contributed by atoms with van der Waals surface area (Å²) in [6, 6.07) is 88.3. The van der Waals surface area contributed by atoms with Crippen LogP contribution in [0.25, 0.3) is 106 Å². The monoisotopic (exact) mass is 1020 g/mol. The van der Waals surface area contributed by atoms with Gasteiger partial charge in [0.1, 0.15) is 11.6 Å². The summed E-state index contributed by atoms with van der Waals surface area (Å²) in [5.74, 6) is 0.613. The van der Waals surface area contributed by atoms with Crippen LogP contribution in [-0.4, -0.2) is 19.6 Å². The largest absolute Gasteiger partial charge is 0.507 e. The molecule has 0 saturated heterocycles. The molecule has 0 radical (unpaired) electrons. The Morgan fingerprint density at radius 3 is 1.76 bits per heavy atom. The number of benzene rings is 10. The van der Waals surface area contributed by atoms with Gasteiger partial charge in [0.05, 0.1) is 28.0 Å². The highest BCUT2D eigenvalue weighted by Crippen LogP contribution is 2.46. The van der Waals surface area contributed by atoms with Gasteiger partial charge in [-0.2, -0.15) is 0 Å². The van der Waals surface area contributed by atoms with Crippen LogP contribution in [0.4, 0.5) is 0 Å². The Morgan fingerprint density at radius 2 is 1.01 bits per heavy atom. The summed E-state index contributed by atoms with van der Waals surface area (Å²) in [5.41, 5.74) is 19.4. The number of hydrogen-bond acceptors (Lipinski definition) is 3. The van der Waals surface area contributed by atoms with E-state index in [0.29, 0.717) is 22.5 Å². The highest BCUT2D eigenvalue weighted by Gasteiger charge is 2.27. The molecule has 10 aromatic carbocycles. The van der Waals surface area contributed by atoms with Gasteiger partial charge in [-0.3, -0.25) is 9.55 Å². The van der Waals surface area contributed by atoms with E-state index in [0.717, 1.165) is 115 Å². The van der Waals surface area contributed by atoms with E-state index in [-0.39, 0.29) is 17.1 Å². The minimum Gasteiger partial charge on any atom is -0.507 e. The zero-order chi connectivity index (χ0) is 55.1. The number of imidazole rings is 1. The second kappa shape index (κ2) is 21.2. The Labute approximate surface area is 466 Å². The fourth-order valence-electron chi connectivity index (χ4n) is 11.9. The molecule has 2 heterocycles. The third-order valence-corrected chi connectivity index (χ3v) is 16.1. The zero-order valence-electron chi connectivity index (χ0n) is 46.5.